The second-order valence-corrected chi connectivity index (χ2v) is 9.69. The first-order valence-electron chi connectivity index (χ1n) is 10.2. The van der Waals surface area contributed by atoms with Gasteiger partial charge in [-0.25, -0.2) is 0 Å². The van der Waals surface area contributed by atoms with E-state index in [1.165, 1.54) is 37.7 Å². The van der Waals surface area contributed by atoms with Gasteiger partial charge in [-0.1, -0.05) is 26.0 Å². The Labute approximate surface area is 151 Å². The first kappa shape index (κ1) is 15.8. The first-order chi connectivity index (χ1) is 12.0. The quantitative estimate of drug-likeness (QED) is 0.698. The van der Waals surface area contributed by atoms with Gasteiger partial charge in [0.15, 0.2) is 0 Å². The molecule has 4 aliphatic rings. The maximum atomic E-state index is 8.29. The SMILES string of the molecule is C[C@]12CC(=N)C[C@@H]1CC[C@@H]1[C@@H]2CC[C@]2(C)C(c3cccnc3)=CC[C@@H]12. The van der Waals surface area contributed by atoms with Crippen LogP contribution in [0.25, 0.3) is 5.57 Å². The van der Waals surface area contributed by atoms with Gasteiger partial charge in [0.2, 0.25) is 0 Å². The minimum atomic E-state index is 0.333. The lowest BCUT2D eigenvalue weighted by Crippen LogP contribution is -2.49. The van der Waals surface area contributed by atoms with Gasteiger partial charge in [-0.15, -0.1) is 0 Å². The summed E-state index contributed by atoms with van der Waals surface area (Å²) in [6, 6.07) is 4.32. The fourth-order valence-electron chi connectivity index (χ4n) is 7.51. The highest BCUT2D eigenvalue weighted by molar-refractivity contribution is 5.85. The molecule has 6 atom stereocenters. The summed E-state index contributed by atoms with van der Waals surface area (Å²) in [4.78, 5) is 4.38. The summed E-state index contributed by atoms with van der Waals surface area (Å²) in [5.74, 6) is 3.29. The number of rotatable bonds is 1. The molecule has 0 aliphatic heterocycles. The first-order valence-corrected chi connectivity index (χ1v) is 10.2. The third kappa shape index (κ3) is 2.09. The average molecular weight is 335 g/mol. The van der Waals surface area contributed by atoms with E-state index in [0.29, 0.717) is 10.8 Å². The second-order valence-electron chi connectivity index (χ2n) is 9.69. The minimum Gasteiger partial charge on any atom is -0.310 e. The largest absolute Gasteiger partial charge is 0.310 e. The van der Waals surface area contributed by atoms with Crippen molar-refractivity contribution >= 4 is 11.3 Å². The average Bonchev–Trinajstić information content (AvgIpc) is 3.10. The smallest absolute Gasteiger partial charge is 0.0343 e. The van der Waals surface area contributed by atoms with E-state index < -0.39 is 0 Å². The van der Waals surface area contributed by atoms with Gasteiger partial charge in [0.05, 0.1) is 0 Å². The van der Waals surface area contributed by atoms with E-state index >= 15 is 0 Å². The van der Waals surface area contributed by atoms with E-state index in [1.807, 2.05) is 6.20 Å². The fourth-order valence-corrected chi connectivity index (χ4v) is 7.51. The summed E-state index contributed by atoms with van der Waals surface area (Å²) in [5.41, 5.74) is 4.68. The zero-order chi connectivity index (χ0) is 17.2. The predicted molar refractivity (Wildman–Crippen MR) is 102 cm³/mol. The number of nitrogens with one attached hydrogen (secondary N) is 1. The molecule has 0 bridgehead atoms. The normalized spacial score (nSPS) is 45.5. The van der Waals surface area contributed by atoms with Crippen LogP contribution in [-0.4, -0.2) is 10.7 Å². The number of hydrogen-bond donors (Lipinski definition) is 1. The molecule has 0 spiro atoms. The minimum absolute atomic E-state index is 0.333. The van der Waals surface area contributed by atoms with Crippen molar-refractivity contribution in [2.24, 2.45) is 34.5 Å². The maximum Gasteiger partial charge on any atom is 0.0343 e. The van der Waals surface area contributed by atoms with E-state index in [1.54, 1.807) is 5.57 Å². The summed E-state index contributed by atoms with van der Waals surface area (Å²) in [6.45, 7) is 5.06. The molecule has 5 rings (SSSR count). The molecular formula is C23H30N2. The van der Waals surface area contributed by atoms with Crippen LogP contribution in [0, 0.1) is 39.9 Å². The molecule has 2 nitrogen and oxygen atoms in total. The Hall–Kier alpha value is -1.44. The lowest BCUT2D eigenvalue weighted by molar-refractivity contribution is -0.0636. The number of nitrogens with zero attached hydrogens (tertiary/aromatic N) is 1. The van der Waals surface area contributed by atoms with Gasteiger partial charge in [-0.3, -0.25) is 4.98 Å². The Morgan fingerprint density at radius 3 is 2.84 bits per heavy atom. The predicted octanol–water partition coefficient (Wildman–Crippen LogP) is 5.75. The molecule has 1 aromatic heterocycles. The van der Waals surface area contributed by atoms with Crippen molar-refractivity contribution < 1.29 is 0 Å². The van der Waals surface area contributed by atoms with Crippen LogP contribution in [0.3, 0.4) is 0 Å². The van der Waals surface area contributed by atoms with Crippen molar-refractivity contribution in [1.29, 1.82) is 5.41 Å². The molecule has 3 fully saturated rings. The molecule has 0 unspecified atom stereocenters. The topological polar surface area (TPSA) is 36.7 Å². The molecule has 4 aliphatic carbocycles. The summed E-state index contributed by atoms with van der Waals surface area (Å²) < 4.78 is 0. The molecule has 1 N–H and O–H groups in total. The van der Waals surface area contributed by atoms with E-state index in [9.17, 15) is 0 Å². The fraction of sp³-hybridized carbons (Fsp3) is 0.652. The Balaban J connectivity index is 1.47. The second kappa shape index (κ2) is 5.28. The number of aromatic nitrogens is 1. The molecule has 0 radical (unpaired) electrons. The highest BCUT2D eigenvalue weighted by Gasteiger charge is 2.59. The molecule has 1 heterocycles. The van der Waals surface area contributed by atoms with Crippen LogP contribution in [0.2, 0.25) is 0 Å². The number of hydrogen-bond acceptors (Lipinski definition) is 2. The number of pyridine rings is 1. The molecule has 132 valence electrons. The zero-order valence-corrected chi connectivity index (χ0v) is 15.6. The molecular weight excluding hydrogens is 304 g/mol. The van der Waals surface area contributed by atoms with Crippen LogP contribution in [-0.2, 0) is 0 Å². The van der Waals surface area contributed by atoms with E-state index in [-0.39, 0.29) is 0 Å². The maximum absolute atomic E-state index is 8.29. The molecule has 0 saturated heterocycles. The van der Waals surface area contributed by atoms with Crippen molar-refractivity contribution in [2.45, 2.75) is 58.8 Å². The third-order valence-electron chi connectivity index (χ3n) is 8.71. The van der Waals surface area contributed by atoms with Crippen molar-refractivity contribution in [3.8, 4) is 0 Å². The van der Waals surface area contributed by atoms with Crippen molar-refractivity contribution in [3.05, 3.63) is 36.2 Å². The monoisotopic (exact) mass is 334 g/mol. The Morgan fingerprint density at radius 2 is 2.04 bits per heavy atom. The van der Waals surface area contributed by atoms with Crippen LogP contribution >= 0.6 is 0 Å². The molecule has 0 aromatic carbocycles. The van der Waals surface area contributed by atoms with Gasteiger partial charge in [-0.2, -0.15) is 0 Å². The van der Waals surface area contributed by atoms with Crippen LogP contribution < -0.4 is 0 Å². The zero-order valence-electron chi connectivity index (χ0n) is 15.6. The summed E-state index contributed by atoms with van der Waals surface area (Å²) in [7, 11) is 0. The molecule has 1 aromatic rings. The molecule has 2 heteroatoms. The Kier molecular flexibility index (Phi) is 3.34. The summed E-state index contributed by atoms with van der Waals surface area (Å²) in [5, 5.41) is 8.29. The highest BCUT2D eigenvalue weighted by Crippen LogP contribution is 2.67. The van der Waals surface area contributed by atoms with Gasteiger partial charge in [0.25, 0.3) is 0 Å². The van der Waals surface area contributed by atoms with Gasteiger partial charge in [0.1, 0.15) is 0 Å². The van der Waals surface area contributed by atoms with Crippen molar-refractivity contribution in [2.75, 3.05) is 0 Å². The van der Waals surface area contributed by atoms with Crippen LogP contribution in [0.4, 0.5) is 0 Å². The molecule has 0 amide bonds. The van der Waals surface area contributed by atoms with Crippen LogP contribution in [0.1, 0.15) is 64.4 Å². The van der Waals surface area contributed by atoms with Crippen LogP contribution in [0.15, 0.2) is 30.6 Å². The standard InChI is InChI=1S/C23H30N2/c1-22-10-9-21-18(6-5-16-12-17(24)13-23(16,21)2)20(22)8-7-19(22)15-4-3-11-25-14-15/h3-4,7,11,14,16,18,20-21,24H,5-6,8-10,12-13H2,1-2H3/t16-,18-,20-,21-,22+,23-/m0/s1. The lowest BCUT2D eigenvalue weighted by Gasteiger charge is -2.57. The molecule has 25 heavy (non-hydrogen) atoms. The third-order valence-corrected chi connectivity index (χ3v) is 8.71. The van der Waals surface area contributed by atoms with E-state index in [2.05, 4.69) is 43.2 Å². The summed E-state index contributed by atoms with van der Waals surface area (Å²) in [6.07, 6.45) is 15.3. The van der Waals surface area contributed by atoms with Gasteiger partial charge in [0, 0.05) is 18.1 Å². The molecule has 3 saturated carbocycles. The van der Waals surface area contributed by atoms with Crippen molar-refractivity contribution in [1.82, 2.24) is 4.98 Å². The highest BCUT2D eigenvalue weighted by atomic mass is 14.7. The van der Waals surface area contributed by atoms with E-state index in [4.69, 9.17) is 5.41 Å². The van der Waals surface area contributed by atoms with Gasteiger partial charge >= 0.3 is 0 Å². The number of fused-ring (bicyclic) bond motifs is 5. The number of allylic oxidation sites excluding steroid dienone is 2. The van der Waals surface area contributed by atoms with Crippen LogP contribution in [0.5, 0.6) is 0 Å². The van der Waals surface area contributed by atoms with Gasteiger partial charge in [-0.05, 0) is 96.7 Å². The Morgan fingerprint density at radius 1 is 1.16 bits per heavy atom. The lowest BCUT2D eigenvalue weighted by atomic mass is 9.47. The van der Waals surface area contributed by atoms with Crippen molar-refractivity contribution in [3.63, 3.8) is 0 Å². The Bertz CT molecular complexity index is 736. The van der Waals surface area contributed by atoms with Gasteiger partial charge < -0.3 is 5.41 Å². The van der Waals surface area contributed by atoms with E-state index in [0.717, 1.165) is 42.2 Å². The summed E-state index contributed by atoms with van der Waals surface area (Å²) >= 11 is 0.